The standard InChI is InChI=1S/C16H15BrN2/c1-2-15(12-6-4-3-5-7-12)19-16-10-14(17)9-8-13(16)11-18/h3-10,15,19H,2H2,1H3. The lowest BCUT2D eigenvalue weighted by Gasteiger charge is -2.19. The molecule has 2 aromatic carbocycles. The number of nitriles is 1. The molecule has 0 saturated carbocycles. The van der Waals surface area contributed by atoms with Gasteiger partial charge >= 0.3 is 0 Å². The zero-order valence-electron chi connectivity index (χ0n) is 10.7. The molecule has 19 heavy (non-hydrogen) atoms. The molecule has 0 saturated heterocycles. The van der Waals surface area contributed by atoms with Gasteiger partial charge in [0.05, 0.1) is 17.3 Å². The number of nitrogens with one attached hydrogen (secondary N) is 1. The number of anilines is 1. The van der Waals surface area contributed by atoms with Crippen LogP contribution in [0.3, 0.4) is 0 Å². The van der Waals surface area contributed by atoms with Crippen molar-refractivity contribution < 1.29 is 0 Å². The first-order chi connectivity index (χ1) is 9.24. The van der Waals surface area contributed by atoms with Gasteiger partial charge in [-0.25, -0.2) is 0 Å². The third-order valence-corrected chi connectivity index (χ3v) is 3.54. The van der Waals surface area contributed by atoms with E-state index >= 15 is 0 Å². The van der Waals surface area contributed by atoms with Gasteiger partial charge in [0.15, 0.2) is 0 Å². The molecular weight excluding hydrogens is 300 g/mol. The van der Waals surface area contributed by atoms with E-state index in [1.54, 1.807) is 0 Å². The quantitative estimate of drug-likeness (QED) is 0.872. The van der Waals surface area contributed by atoms with E-state index in [4.69, 9.17) is 5.26 Å². The third-order valence-electron chi connectivity index (χ3n) is 3.04. The highest BCUT2D eigenvalue weighted by Gasteiger charge is 2.11. The van der Waals surface area contributed by atoms with Gasteiger partial charge in [0, 0.05) is 4.47 Å². The Morgan fingerprint density at radius 2 is 1.95 bits per heavy atom. The van der Waals surface area contributed by atoms with E-state index in [2.05, 4.69) is 46.4 Å². The lowest BCUT2D eigenvalue weighted by atomic mass is 10.0. The number of hydrogen-bond donors (Lipinski definition) is 1. The van der Waals surface area contributed by atoms with Gasteiger partial charge < -0.3 is 5.32 Å². The van der Waals surface area contributed by atoms with Crippen LogP contribution in [0.5, 0.6) is 0 Å². The summed E-state index contributed by atoms with van der Waals surface area (Å²) in [5, 5.41) is 12.6. The molecule has 0 amide bonds. The predicted octanol–water partition coefficient (Wildman–Crippen LogP) is 4.88. The molecule has 2 rings (SSSR count). The molecule has 0 aliphatic rings. The normalized spacial score (nSPS) is 11.6. The second kappa shape index (κ2) is 6.40. The first-order valence-electron chi connectivity index (χ1n) is 6.25. The Labute approximate surface area is 122 Å². The van der Waals surface area contributed by atoms with Crippen molar-refractivity contribution in [3.63, 3.8) is 0 Å². The van der Waals surface area contributed by atoms with E-state index in [0.717, 1.165) is 16.6 Å². The maximum atomic E-state index is 9.16. The van der Waals surface area contributed by atoms with Crippen LogP contribution in [0.15, 0.2) is 53.0 Å². The van der Waals surface area contributed by atoms with Crippen LogP contribution >= 0.6 is 15.9 Å². The summed E-state index contributed by atoms with van der Waals surface area (Å²) in [6.07, 6.45) is 0.960. The maximum Gasteiger partial charge on any atom is 0.101 e. The molecule has 2 aromatic rings. The average molecular weight is 315 g/mol. The van der Waals surface area contributed by atoms with Crippen LogP contribution in [0, 0.1) is 11.3 Å². The van der Waals surface area contributed by atoms with Crippen molar-refractivity contribution in [1.29, 1.82) is 5.26 Å². The zero-order valence-corrected chi connectivity index (χ0v) is 12.3. The van der Waals surface area contributed by atoms with Crippen molar-refractivity contribution in [2.24, 2.45) is 0 Å². The SMILES string of the molecule is CCC(Nc1cc(Br)ccc1C#N)c1ccccc1. The highest BCUT2D eigenvalue weighted by atomic mass is 79.9. The fourth-order valence-electron chi connectivity index (χ4n) is 2.03. The molecule has 1 unspecified atom stereocenters. The Kier molecular flexibility index (Phi) is 4.59. The Hall–Kier alpha value is -1.79. The molecular formula is C16H15BrN2. The third kappa shape index (κ3) is 3.36. The summed E-state index contributed by atoms with van der Waals surface area (Å²) >= 11 is 3.44. The molecule has 0 heterocycles. The molecule has 0 radical (unpaired) electrons. The van der Waals surface area contributed by atoms with Gasteiger partial charge in [-0.2, -0.15) is 5.26 Å². The second-order valence-electron chi connectivity index (χ2n) is 4.32. The molecule has 1 atom stereocenters. The number of benzene rings is 2. The number of halogens is 1. The largest absolute Gasteiger partial charge is 0.377 e. The summed E-state index contributed by atoms with van der Waals surface area (Å²) < 4.78 is 0.969. The Morgan fingerprint density at radius 1 is 1.21 bits per heavy atom. The lowest BCUT2D eigenvalue weighted by Crippen LogP contribution is -2.10. The summed E-state index contributed by atoms with van der Waals surface area (Å²) in [6, 6.07) is 18.4. The first-order valence-corrected chi connectivity index (χ1v) is 7.05. The minimum atomic E-state index is 0.211. The van der Waals surface area contributed by atoms with Crippen molar-refractivity contribution in [2.45, 2.75) is 19.4 Å². The summed E-state index contributed by atoms with van der Waals surface area (Å²) in [5.74, 6) is 0. The van der Waals surface area contributed by atoms with Gasteiger partial charge in [-0.3, -0.25) is 0 Å². The van der Waals surface area contributed by atoms with E-state index in [0.29, 0.717) is 5.56 Å². The van der Waals surface area contributed by atoms with Crippen LogP contribution in [0.1, 0.15) is 30.5 Å². The zero-order chi connectivity index (χ0) is 13.7. The predicted molar refractivity (Wildman–Crippen MR) is 82.0 cm³/mol. The van der Waals surface area contributed by atoms with Crippen molar-refractivity contribution in [1.82, 2.24) is 0 Å². The van der Waals surface area contributed by atoms with Crippen LogP contribution < -0.4 is 5.32 Å². The van der Waals surface area contributed by atoms with E-state index in [9.17, 15) is 0 Å². The molecule has 96 valence electrons. The molecule has 3 heteroatoms. The smallest absolute Gasteiger partial charge is 0.101 e. The van der Waals surface area contributed by atoms with Gasteiger partial charge in [-0.15, -0.1) is 0 Å². The Morgan fingerprint density at radius 3 is 2.58 bits per heavy atom. The van der Waals surface area contributed by atoms with Crippen molar-refractivity contribution in [3.8, 4) is 6.07 Å². The number of rotatable bonds is 4. The van der Waals surface area contributed by atoms with E-state index in [1.807, 2.05) is 36.4 Å². The van der Waals surface area contributed by atoms with Gasteiger partial charge in [-0.05, 0) is 30.2 Å². The maximum absolute atomic E-state index is 9.16. The molecule has 0 aliphatic heterocycles. The Balaban J connectivity index is 2.29. The van der Waals surface area contributed by atoms with Gasteiger partial charge in [0.2, 0.25) is 0 Å². The monoisotopic (exact) mass is 314 g/mol. The number of hydrogen-bond acceptors (Lipinski definition) is 2. The molecule has 0 spiro atoms. The average Bonchev–Trinajstić information content (AvgIpc) is 2.46. The molecule has 0 fully saturated rings. The van der Waals surface area contributed by atoms with Crippen LogP contribution in [0.4, 0.5) is 5.69 Å². The van der Waals surface area contributed by atoms with Gasteiger partial charge in [-0.1, -0.05) is 53.2 Å². The van der Waals surface area contributed by atoms with Crippen molar-refractivity contribution >= 4 is 21.6 Å². The summed E-state index contributed by atoms with van der Waals surface area (Å²) in [6.45, 7) is 2.13. The summed E-state index contributed by atoms with van der Waals surface area (Å²) in [4.78, 5) is 0. The van der Waals surface area contributed by atoms with Crippen molar-refractivity contribution in [3.05, 3.63) is 64.1 Å². The van der Waals surface area contributed by atoms with Gasteiger partial charge in [0.1, 0.15) is 6.07 Å². The van der Waals surface area contributed by atoms with Crippen LogP contribution in [-0.2, 0) is 0 Å². The highest BCUT2D eigenvalue weighted by molar-refractivity contribution is 9.10. The molecule has 2 nitrogen and oxygen atoms in total. The molecule has 0 aliphatic carbocycles. The van der Waals surface area contributed by atoms with Crippen LogP contribution in [-0.4, -0.2) is 0 Å². The summed E-state index contributed by atoms with van der Waals surface area (Å²) in [7, 11) is 0. The first kappa shape index (κ1) is 13.6. The topological polar surface area (TPSA) is 35.8 Å². The van der Waals surface area contributed by atoms with Crippen LogP contribution in [0.2, 0.25) is 0 Å². The highest BCUT2D eigenvalue weighted by Crippen LogP contribution is 2.27. The fraction of sp³-hybridized carbons (Fsp3) is 0.188. The minimum Gasteiger partial charge on any atom is -0.377 e. The minimum absolute atomic E-state index is 0.211. The molecule has 0 aromatic heterocycles. The molecule has 0 bridgehead atoms. The van der Waals surface area contributed by atoms with E-state index in [1.165, 1.54) is 5.56 Å². The molecule has 1 N–H and O–H groups in total. The van der Waals surface area contributed by atoms with E-state index in [-0.39, 0.29) is 6.04 Å². The van der Waals surface area contributed by atoms with E-state index < -0.39 is 0 Å². The lowest BCUT2D eigenvalue weighted by molar-refractivity contribution is 0.749. The van der Waals surface area contributed by atoms with Crippen molar-refractivity contribution in [2.75, 3.05) is 5.32 Å². The Bertz CT molecular complexity index is 587. The van der Waals surface area contributed by atoms with Gasteiger partial charge in [0.25, 0.3) is 0 Å². The second-order valence-corrected chi connectivity index (χ2v) is 5.23. The van der Waals surface area contributed by atoms with Crippen LogP contribution in [0.25, 0.3) is 0 Å². The fourth-order valence-corrected chi connectivity index (χ4v) is 2.39. The number of nitrogens with zero attached hydrogens (tertiary/aromatic N) is 1. The summed E-state index contributed by atoms with van der Waals surface area (Å²) in [5.41, 5.74) is 2.76.